The average Bonchev–Trinajstić information content (AvgIpc) is 2.41. The van der Waals surface area contributed by atoms with Crippen molar-refractivity contribution in [1.29, 1.82) is 5.26 Å². The Morgan fingerprint density at radius 2 is 2.05 bits per heavy atom. The summed E-state index contributed by atoms with van der Waals surface area (Å²) in [6.07, 6.45) is 3.47. The summed E-state index contributed by atoms with van der Waals surface area (Å²) in [7, 11) is 6.26. The molecule has 0 amide bonds. The molecular weight excluding hydrogens is 236 g/mol. The minimum atomic E-state index is -0.416. The van der Waals surface area contributed by atoms with Gasteiger partial charge in [0.15, 0.2) is 0 Å². The van der Waals surface area contributed by atoms with E-state index in [1.807, 2.05) is 14.0 Å². The molecule has 1 saturated heterocycles. The Labute approximate surface area is 118 Å². The second-order valence-electron chi connectivity index (χ2n) is 6.43. The molecule has 0 radical (unpaired) electrons. The first kappa shape index (κ1) is 16.4. The van der Waals surface area contributed by atoms with Crippen LogP contribution in [0.5, 0.6) is 0 Å². The highest BCUT2D eigenvalue weighted by atomic mass is 15.1. The molecule has 1 N–H and O–H groups in total. The molecular formula is C15H30N4. The highest BCUT2D eigenvalue weighted by Crippen LogP contribution is 2.20. The van der Waals surface area contributed by atoms with Crippen LogP contribution < -0.4 is 5.32 Å². The fourth-order valence-corrected chi connectivity index (χ4v) is 2.78. The van der Waals surface area contributed by atoms with Crippen LogP contribution in [0.3, 0.4) is 0 Å². The van der Waals surface area contributed by atoms with Gasteiger partial charge in [0.05, 0.1) is 6.07 Å². The predicted molar refractivity (Wildman–Crippen MR) is 80.0 cm³/mol. The number of likely N-dealkylation sites (tertiary alicyclic amines) is 1. The van der Waals surface area contributed by atoms with Crippen molar-refractivity contribution in [3.05, 3.63) is 0 Å². The lowest BCUT2D eigenvalue weighted by Gasteiger charge is -2.36. The molecule has 110 valence electrons. The number of nitrogens with zero attached hydrogens (tertiary/aromatic N) is 3. The highest BCUT2D eigenvalue weighted by Gasteiger charge is 2.27. The lowest BCUT2D eigenvalue weighted by atomic mass is 9.92. The zero-order valence-electron chi connectivity index (χ0n) is 13.2. The van der Waals surface area contributed by atoms with Crippen molar-refractivity contribution in [1.82, 2.24) is 15.1 Å². The monoisotopic (exact) mass is 266 g/mol. The van der Waals surface area contributed by atoms with Crippen LogP contribution in [0.4, 0.5) is 0 Å². The number of piperidine rings is 1. The minimum absolute atomic E-state index is 0.416. The van der Waals surface area contributed by atoms with E-state index in [0.29, 0.717) is 6.04 Å². The van der Waals surface area contributed by atoms with E-state index in [1.165, 1.54) is 25.9 Å². The number of nitriles is 1. The standard InChI is InChI=1S/C15H30N4/c1-13(10-15(2,12-16)17-3)19(5)11-14-6-8-18(4)9-7-14/h13-14,17H,6-11H2,1-5H3. The quantitative estimate of drug-likeness (QED) is 0.792. The normalized spacial score (nSPS) is 23.0. The van der Waals surface area contributed by atoms with Crippen LogP contribution in [-0.2, 0) is 0 Å². The van der Waals surface area contributed by atoms with Gasteiger partial charge in [0.2, 0.25) is 0 Å². The second kappa shape index (κ2) is 7.23. The maximum atomic E-state index is 9.23. The molecule has 4 heteroatoms. The fourth-order valence-electron chi connectivity index (χ4n) is 2.78. The van der Waals surface area contributed by atoms with Gasteiger partial charge in [0.25, 0.3) is 0 Å². The van der Waals surface area contributed by atoms with Crippen molar-refractivity contribution in [2.45, 2.75) is 44.7 Å². The van der Waals surface area contributed by atoms with Crippen molar-refractivity contribution in [3.63, 3.8) is 0 Å². The Balaban J connectivity index is 2.40. The van der Waals surface area contributed by atoms with Gasteiger partial charge in [-0.15, -0.1) is 0 Å². The van der Waals surface area contributed by atoms with Gasteiger partial charge in [-0.1, -0.05) is 0 Å². The van der Waals surface area contributed by atoms with E-state index in [0.717, 1.165) is 18.9 Å². The van der Waals surface area contributed by atoms with Crippen molar-refractivity contribution in [2.24, 2.45) is 5.92 Å². The molecule has 2 unspecified atom stereocenters. The van der Waals surface area contributed by atoms with Crippen LogP contribution in [0.15, 0.2) is 0 Å². The molecule has 0 bridgehead atoms. The van der Waals surface area contributed by atoms with E-state index in [-0.39, 0.29) is 0 Å². The third kappa shape index (κ3) is 5.10. The van der Waals surface area contributed by atoms with Gasteiger partial charge in [0, 0.05) is 12.6 Å². The fraction of sp³-hybridized carbons (Fsp3) is 0.933. The first-order valence-corrected chi connectivity index (χ1v) is 7.39. The third-order valence-electron chi connectivity index (χ3n) is 4.64. The minimum Gasteiger partial charge on any atom is -0.306 e. The van der Waals surface area contributed by atoms with Crippen molar-refractivity contribution < 1.29 is 0 Å². The van der Waals surface area contributed by atoms with E-state index in [9.17, 15) is 5.26 Å². The Bertz CT molecular complexity index is 304. The van der Waals surface area contributed by atoms with Crippen LogP contribution >= 0.6 is 0 Å². The molecule has 0 aromatic rings. The maximum Gasteiger partial charge on any atom is 0.105 e. The Morgan fingerprint density at radius 3 is 2.53 bits per heavy atom. The number of hydrogen-bond donors (Lipinski definition) is 1. The second-order valence-corrected chi connectivity index (χ2v) is 6.43. The van der Waals surface area contributed by atoms with E-state index >= 15 is 0 Å². The largest absolute Gasteiger partial charge is 0.306 e. The number of rotatable bonds is 6. The van der Waals surface area contributed by atoms with Gasteiger partial charge in [-0.2, -0.15) is 5.26 Å². The summed E-state index contributed by atoms with van der Waals surface area (Å²) in [6, 6.07) is 2.81. The van der Waals surface area contributed by atoms with E-state index in [2.05, 4.69) is 42.2 Å². The van der Waals surface area contributed by atoms with Gasteiger partial charge in [0.1, 0.15) is 5.54 Å². The highest BCUT2D eigenvalue weighted by molar-refractivity contribution is 5.04. The Kier molecular flexibility index (Phi) is 6.25. The summed E-state index contributed by atoms with van der Waals surface area (Å²) in [5.74, 6) is 0.812. The van der Waals surface area contributed by atoms with Crippen molar-refractivity contribution in [2.75, 3.05) is 40.8 Å². The van der Waals surface area contributed by atoms with Crippen LogP contribution in [-0.4, -0.2) is 62.2 Å². The molecule has 0 aliphatic carbocycles. The number of hydrogen-bond acceptors (Lipinski definition) is 4. The SMILES string of the molecule is CNC(C)(C#N)CC(C)N(C)CC1CCN(C)CC1. The summed E-state index contributed by atoms with van der Waals surface area (Å²) in [5.41, 5.74) is -0.416. The maximum absolute atomic E-state index is 9.23. The van der Waals surface area contributed by atoms with Crippen LogP contribution in [0.1, 0.15) is 33.1 Å². The first-order valence-electron chi connectivity index (χ1n) is 7.39. The molecule has 19 heavy (non-hydrogen) atoms. The van der Waals surface area contributed by atoms with Crippen LogP contribution in [0.2, 0.25) is 0 Å². The summed E-state index contributed by atoms with van der Waals surface area (Å²) in [6.45, 7) is 7.80. The molecule has 4 nitrogen and oxygen atoms in total. The number of nitrogens with one attached hydrogen (secondary N) is 1. The topological polar surface area (TPSA) is 42.3 Å². The van der Waals surface area contributed by atoms with E-state index in [4.69, 9.17) is 0 Å². The Hall–Kier alpha value is -0.630. The molecule has 0 aromatic carbocycles. The molecule has 1 rings (SSSR count). The molecule has 0 aromatic heterocycles. The molecule has 0 spiro atoms. The molecule has 1 aliphatic rings. The van der Waals surface area contributed by atoms with Crippen molar-refractivity contribution >= 4 is 0 Å². The summed E-state index contributed by atoms with van der Waals surface area (Å²) >= 11 is 0. The van der Waals surface area contributed by atoms with Gasteiger partial charge >= 0.3 is 0 Å². The molecule has 2 atom stereocenters. The van der Waals surface area contributed by atoms with Gasteiger partial charge in [-0.3, -0.25) is 0 Å². The summed E-state index contributed by atoms with van der Waals surface area (Å²) in [4.78, 5) is 4.83. The first-order chi connectivity index (χ1) is 8.90. The van der Waals surface area contributed by atoms with Crippen LogP contribution in [0.25, 0.3) is 0 Å². The molecule has 1 fully saturated rings. The zero-order chi connectivity index (χ0) is 14.5. The van der Waals surface area contributed by atoms with E-state index in [1.54, 1.807) is 0 Å². The third-order valence-corrected chi connectivity index (χ3v) is 4.64. The van der Waals surface area contributed by atoms with Crippen LogP contribution in [0, 0.1) is 17.2 Å². The molecule has 0 saturated carbocycles. The van der Waals surface area contributed by atoms with E-state index < -0.39 is 5.54 Å². The summed E-state index contributed by atoms with van der Waals surface area (Å²) < 4.78 is 0. The van der Waals surface area contributed by atoms with Crippen molar-refractivity contribution in [3.8, 4) is 6.07 Å². The summed E-state index contributed by atoms with van der Waals surface area (Å²) in [5, 5.41) is 12.4. The van der Waals surface area contributed by atoms with Gasteiger partial charge in [-0.25, -0.2) is 0 Å². The van der Waals surface area contributed by atoms with Gasteiger partial charge < -0.3 is 15.1 Å². The van der Waals surface area contributed by atoms with Gasteiger partial charge in [-0.05, 0) is 73.3 Å². The lowest BCUT2D eigenvalue weighted by molar-refractivity contribution is 0.143. The zero-order valence-corrected chi connectivity index (χ0v) is 13.2. The Morgan fingerprint density at radius 1 is 1.47 bits per heavy atom. The molecule has 1 aliphatic heterocycles. The lowest BCUT2D eigenvalue weighted by Crippen LogP contribution is -2.46. The molecule has 1 heterocycles. The average molecular weight is 266 g/mol. The predicted octanol–water partition coefficient (Wildman–Crippen LogP) is 1.54. The smallest absolute Gasteiger partial charge is 0.105 e.